The number of likely N-dealkylation sites (N-methyl/N-ethyl adjacent to an activating group) is 1. The number of nitrogens with zero attached hydrogens (tertiary/aromatic N) is 1. The fourth-order valence-electron chi connectivity index (χ4n) is 2.00. The van der Waals surface area contributed by atoms with Gasteiger partial charge in [0.05, 0.1) is 12.6 Å². The van der Waals surface area contributed by atoms with Crippen molar-refractivity contribution in [1.29, 1.82) is 0 Å². The van der Waals surface area contributed by atoms with E-state index in [1.807, 2.05) is 24.3 Å². The van der Waals surface area contributed by atoms with Crippen molar-refractivity contribution in [3.05, 3.63) is 24.3 Å². The smallest absolute Gasteiger partial charge is 0.241 e. The van der Waals surface area contributed by atoms with Gasteiger partial charge in [0.2, 0.25) is 5.91 Å². The number of carbonyl (C=O) groups is 1. The third-order valence-corrected chi connectivity index (χ3v) is 3.24. The van der Waals surface area contributed by atoms with Crippen LogP contribution in [-0.4, -0.2) is 50.8 Å². The fraction of sp³-hybridized carbons (Fsp3) is 0.533. The maximum Gasteiger partial charge on any atom is 0.241 e. The molecule has 0 bridgehead atoms. The molecule has 1 aromatic carbocycles. The molecule has 2 rings (SSSR count). The van der Waals surface area contributed by atoms with Gasteiger partial charge in [-0.15, -0.1) is 0 Å². The number of carbonyl (C=O) groups excluding carboxylic acids is 1. The summed E-state index contributed by atoms with van der Waals surface area (Å²) in [6.07, 6.45) is 2.39. The molecule has 1 heterocycles. The summed E-state index contributed by atoms with van der Waals surface area (Å²) in [4.78, 5) is 13.1. The van der Waals surface area contributed by atoms with Gasteiger partial charge in [0.1, 0.15) is 12.4 Å². The van der Waals surface area contributed by atoms with Crippen LogP contribution in [0.15, 0.2) is 24.3 Å². The molecule has 1 N–H and O–H groups in total. The van der Waals surface area contributed by atoms with Gasteiger partial charge in [0.25, 0.3) is 0 Å². The molecular weight excluding hydrogens is 256 g/mol. The van der Waals surface area contributed by atoms with Crippen molar-refractivity contribution in [2.45, 2.75) is 18.9 Å². The Balaban J connectivity index is 1.82. The van der Waals surface area contributed by atoms with Gasteiger partial charge in [0, 0.05) is 32.5 Å². The van der Waals surface area contributed by atoms with E-state index in [1.165, 1.54) is 0 Å². The summed E-state index contributed by atoms with van der Waals surface area (Å²) in [5.41, 5.74) is 0.880. The predicted octanol–water partition coefficient (Wildman–Crippen LogP) is 1.74. The van der Waals surface area contributed by atoms with E-state index in [1.54, 1.807) is 19.0 Å². The number of rotatable bonds is 6. The van der Waals surface area contributed by atoms with Crippen LogP contribution in [0, 0.1) is 0 Å². The van der Waals surface area contributed by atoms with E-state index in [0.29, 0.717) is 6.61 Å². The summed E-state index contributed by atoms with van der Waals surface area (Å²) in [6.45, 7) is 1.70. The molecule has 0 aromatic heterocycles. The molecule has 1 unspecified atom stereocenters. The lowest BCUT2D eigenvalue weighted by atomic mass is 10.2. The molecule has 1 fully saturated rings. The van der Waals surface area contributed by atoms with Crippen molar-refractivity contribution >= 4 is 11.6 Å². The molecule has 0 radical (unpaired) electrons. The van der Waals surface area contributed by atoms with Gasteiger partial charge in [0.15, 0.2) is 0 Å². The molecule has 20 heavy (non-hydrogen) atoms. The molecule has 5 heteroatoms. The third kappa shape index (κ3) is 4.42. The maximum atomic E-state index is 11.5. The van der Waals surface area contributed by atoms with Crippen LogP contribution in [0.2, 0.25) is 0 Å². The Morgan fingerprint density at radius 1 is 1.50 bits per heavy atom. The minimum Gasteiger partial charge on any atom is -0.491 e. The topological polar surface area (TPSA) is 50.8 Å². The monoisotopic (exact) mass is 278 g/mol. The Bertz CT molecular complexity index is 442. The number of hydrogen-bond acceptors (Lipinski definition) is 4. The molecule has 5 nitrogen and oxygen atoms in total. The molecule has 1 aliphatic rings. The van der Waals surface area contributed by atoms with Crippen molar-refractivity contribution in [2.24, 2.45) is 0 Å². The average Bonchev–Trinajstić information content (AvgIpc) is 2.96. The largest absolute Gasteiger partial charge is 0.491 e. The van der Waals surface area contributed by atoms with Gasteiger partial charge in [-0.25, -0.2) is 0 Å². The molecule has 0 saturated carbocycles. The highest BCUT2D eigenvalue weighted by Gasteiger charge is 2.15. The second-order valence-corrected chi connectivity index (χ2v) is 5.12. The van der Waals surface area contributed by atoms with Crippen LogP contribution in [-0.2, 0) is 9.53 Å². The predicted molar refractivity (Wildman–Crippen MR) is 78.1 cm³/mol. The Kier molecular flexibility index (Phi) is 5.24. The lowest BCUT2D eigenvalue weighted by Gasteiger charge is -2.14. The molecule has 0 spiro atoms. The van der Waals surface area contributed by atoms with E-state index in [2.05, 4.69) is 5.32 Å². The standard InChI is InChI=1S/C15H22N2O3/c1-17(2)15(18)10-16-12-5-3-6-13(9-12)20-11-14-7-4-8-19-14/h3,5-6,9,14,16H,4,7-8,10-11H2,1-2H3. The van der Waals surface area contributed by atoms with Crippen LogP contribution in [0.3, 0.4) is 0 Å². The average molecular weight is 278 g/mol. The number of hydrogen-bond donors (Lipinski definition) is 1. The van der Waals surface area contributed by atoms with Crippen LogP contribution in [0.25, 0.3) is 0 Å². The highest BCUT2D eigenvalue weighted by molar-refractivity contribution is 5.80. The van der Waals surface area contributed by atoms with Gasteiger partial charge in [-0.2, -0.15) is 0 Å². The number of benzene rings is 1. The molecule has 1 aliphatic heterocycles. The van der Waals surface area contributed by atoms with E-state index in [-0.39, 0.29) is 18.6 Å². The second-order valence-electron chi connectivity index (χ2n) is 5.12. The zero-order valence-corrected chi connectivity index (χ0v) is 12.1. The molecule has 0 aliphatic carbocycles. The van der Waals surface area contributed by atoms with Crippen molar-refractivity contribution in [1.82, 2.24) is 4.90 Å². The number of anilines is 1. The fourth-order valence-corrected chi connectivity index (χ4v) is 2.00. The minimum atomic E-state index is 0.0377. The van der Waals surface area contributed by atoms with Crippen LogP contribution in [0.1, 0.15) is 12.8 Å². The molecule has 1 atom stereocenters. The highest BCUT2D eigenvalue weighted by Crippen LogP contribution is 2.19. The van der Waals surface area contributed by atoms with Crippen LogP contribution >= 0.6 is 0 Å². The van der Waals surface area contributed by atoms with Gasteiger partial charge >= 0.3 is 0 Å². The Hall–Kier alpha value is -1.75. The van der Waals surface area contributed by atoms with Crippen molar-refractivity contribution < 1.29 is 14.3 Å². The Morgan fingerprint density at radius 2 is 2.35 bits per heavy atom. The minimum absolute atomic E-state index is 0.0377. The van der Waals surface area contributed by atoms with Gasteiger partial charge in [-0.3, -0.25) is 4.79 Å². The summed E-state index contributed by atoms with van der Waals surface area (Å²) < 4.78 is 11.2. The number of amides is 1. The third-order valence-electron chi connectivity index (χ3n) is 3.24. The number of nitrogens with one attached hydrogen (secondary N) is 1. The van der Waals surface area contributed by atoms with Crippen molar-refractivity contribution in [3.63, 3.8) is 0 Å². The summed E-state index contributed by atoms with van der Waals surface area (Å²) in [5, 5.41) is 3.09. The van der Waals surface area contributed by atoms with Crippen LogP contribution in [0.4, 0.5) is 5.69 Å². The summed E-state index contributed by atoms with van der Waals surface area (Å²) in [6, 6.07) is 7.64. The molecular formula is C15H22N2O3. The molecule has 110 valence electrons. The van der Waals surface area contributed by atoms with E-state index in [0.717, 1.165) is 30.9 Å². The Morgan fingerprint density at radius 3 is 3.05 bits per heavy atom. The first-order valence-corrected chi connectivity index (χ1v) is 6.93. The lowest BCUT2D eigenvalue weighted by Crippen LogP contribution is -2.28. The van der Waals surface area contributed by atoms with E-state index >= 15 is 0 Å². The maximum absolute atomic E-state index is 11.5. The Labute approximate surface area is 119 Å². The first-order chi connectivity index (χ1) is 9.65. The highest BCUT2D eigenvalue weighted by atomic mass is 16.5. The second kappa shape index (κ2) is 7.14. The molecule has 1 amide bonds. The number of ether oxygens (including phenoxy) is 2. The van der Waals surface area contributed by atoms with Crippen molar-refractivity contribution in [3.8, 4) is 5.75 Å². The molecule has 1 aromatic rings. The van der Waals surface area contributed by atoms with Crippen molar-refractivity contribution in [2.75, 3.05) is 39.2 Å². The normalized spacial score (nSPS) is 17.8. The quantitative estimate of drug-likeness (QED) is 0.861. The zero-order valence-electron chi connectivity index (χ0n) is 12.1. The van der Waals surface area contributed by atoms with Gasteiger partial charge in [-0.05, 0) is 25.0 Å². The zero-order chi connectivity index (χ0) is 14.4. The summed E-state index contributed by atoms with van der Waals surface area (Å²) >= 11 is 0. The lowest BCUT2D eigenvalue weighted by molar-refractivity contribution is -0.126. The van der Waals surface area contributed by atoms with Gasteiger partial charge in [-0.1, -0.05) is 6.07 Å². The summed E-state index contributed by atoms with van der Waals surface area (Å²) in [7, 11) is 3.48. The molecule has 1 saturated heterocycles. The van der Waals surface area contributed by atoms with E-state index < -0.39 is 0 Å². The van der Waals surface area contributed by atoms with E-state index in [9.17, 15) is 4.79 Å². The van der Waals surface area contributed by atoms with Crippen LogP contribution < -0.4 is 10.1 Å². The summed E-state index contributed by atoms with van der Waals surface area (Å²) in [5.74, 6) is 0.832. The first-order valence-electron chi connectivity index (χ1n) is 6.93. The SMILES string of the molecule is CN(C)C(=O)CNc1cccc(OCC2CCCO2)c1. The first kappa shape index (κ1) is 14.7. The van der Waals surface area contributed by atoms with Crippen LogP contribution in [0.5, 0.6) is 5.75 Å². The van der Waals surface area contributed by atoms with E-state index in [4.69, 9.17) is 9.47 Å². The van der Waals surface area contributed by atoms with Gasteiger partial charge < -0.3 is 19.7 Å².